The average Bonchev–Trinajstić information content (AvgIpc) is 1.75. The van der Waals surface area contributed by atoms with Crippen molar-refractivity contribution in [3.63, 3.8) is 0 Å². The predicted molar refractivity (Wildman–Crippen MR) is 28.1 cm³/mol. The van der Waals surface area contributed by atoms with Crippen LogP contribution < -0.4 is 5.48 Å². The lowest BCUT2D eigenvalue weighted by Crippen LogP contribution is -2.11. The highest BCUT2D eigenvalue weighted by atomic mass is 16.5. The number of nitrogens with one attached hydrogen (secondary N) is 1. The normalized spacial score (nSPS) is 6.57. The van der Waals surface area contributed by atoms with Crippen LogP contribution in [-0.2, 0) is 0 Å². The number of hydrogen-bond acceptors (Lipinski definition) is 3. The van der Waals surface area contributed by atoms with Gasteiger partial charge in [-0.1, -0.05) is 0 Å². The average molecular weight is 105 g/mol. The fourth-order valence-corrected chi connectivity index (χ4v) is 0.0500. The summed E-state index contributed by atoms with van der Waals surface area (Å²) < 4.78 is 0. The van der Waals surface area contributed by atoms with E-state index in [1.165, 1.54) is 0 Å². The van der Waals surface area contributed by atoms with Crippen molar-refractivity contribution >= 4 is 0 Å². The number of aliphatic hydroxyl groups is 1. The molecular weight excluding hydrogens is 94.0 g/mol. The first-order valence-electron chi connectivity index (χ1n) is 1.89. The molecule has 0 aliphatic rings. The summed E-state index contributed by atoms with van der Waals surface area (Å²) in [5.41, 5.74) is 1.77. The molecule has 0 aromatic heterocycles. The Hall–Kier alpha value is -0.380. The molecule has 0 aliphatic carbocycles. The molecule has 3 nitrogen and oxygen atoms in total. The van der Waals surface area contributed by atoms with Crippen LogP contribution in [0.5, 0.6) is 0 Å². The zero-order valence-electron chi connectivity index (χ0n) is 4.22. The van der Waals surface area contributed by atoms with Gasteiger partial charge < -0.3 is 10.3 Å². The molecule has 0 saturated carbocycles. The van der Waals surface area contributed by atoms with E-state index in [4.69, 9.17) is 10.3 Å². The van der Waals surface area contributed by atoms with E-state index in [-0.39, 0.29) is 13.2 Å². The van der Waals surface area contributed by atoms with Gasteiger partial charge in [0.1, 0.15) is 0 Å². The smallest absolute Gasteiger partial charge is 0.0579 e. The van der Waals surface area contributed by atoms with Gasteiger partial charge in [0.15, 0.2) is 0 Å². The zero-order valence-corrected chi connectivity index (χ0v) is 4.22. The maximum Gasteiger partial charge on any atom is 0.0579 e. The largest absolute Gasteiger partial charge is 0.395 e. The third kappa shape index (κ3) is 28.1. The van der Waals surface area contributed by atoms with Gasteiger partial charge in [-0.15, -0.1) is 13.2 Å². The molecule has 0 aliphatic heterocycles. The molecule has 0 rings (SSSR count). The van der Waals surface area contributed by atoms with Gasteiger partial charge in [-0.05, 0) is 0 Å². The zero-order chi connectivity index (χ0) is 6.12. The first-order chi connectivity index (χ1) is 3.41. The fourth-order valence-electron chi connectivity index (χ4n) is 0.0500. The molecule has 0 fully saturated rings. The quantitative estimate of drug-likeness (QED) is 0.335. The van der Waals surface area contributed by atoms with Crippen molar-refractivity contribution in [1.29, 1.82) is 0 Å². The summed E-state index contributed by atoms with van der Waals surface area (Å²) in [6, 6.07) is 0. The second kappa shape index (κ2) is 17.5. The first-order valence-corrected chi connectivity index (χ1v) is 1.89. The van der Waals surface area contributed by atoms with Gasteiger partial charge in [-0.25, -0.2) is 5.48 Å². The molecule has 0 unspecified atom stereocenters. The van der Waals surface area contributed by atoms with E-state index in [1.807, 2.05) is 0 Å². The predicted octanol–water partition coefficient (Wildman–Crippen LogP) is -0.240. The molecule has 7 heavy (non-hydrogen) atoms. The molecule has 0 saturated heterocycles. The van der Waals surface area contributed by atoms with Gasteiger partial charge in [0.2, 0.25) is 0 Å². The molecule has 3 heteroatoms. The SMILES string of the molecule is C=C.OCCNO. The minimum atomic E-state index is -0.0174. The van der Waals surface area contributed by atoms with Crippen molar-refractivity contribution < 1.29 is 10.3 Å². The maximum atomic E-state index is 7.84. The van der Waals surface area contributed by atoms with Crippen LogP contribution in [-0.4, -0.2) is 23.5 Å². The van der Waals surface area contributed by atoms with E-state index in [2.05, 4.69) is 13.2 Å². The third-order valence-electron chi connectivity index (χ3n) is 0.224. The van der Waals surface area contributed by atoms with Crippen LogP contribution in [0.2, 0.25) is 0 Å². The Kier molecular flexibility index (Phi) is 24.5. The summed E-state index contributed by atoms with van der Waals surface area (Å²) in [6.45, 7) is 6.23. The van der Waals surface area contributed by atoms with E-state index in [9.17, 15) is 0 Å². The minimum absolute atomic E-state index is 0.0174. The minimum Gasteiger partial charge on any atom is -0.395 e. The van der Waals surface area contributed by atoms with Crippen LogP contribution in [0.15, 0.2) is 13.2 Å². The van der Waals surface area contributed by atoms with Crippen LogP contribution in [0.1, 0.15) is 0 Å². The Balaban J connectivity index is 0. The molecule has 44 valence electrons. The van der Waals surface area contributed by atoms with Crippen LogP contribution in [0.3, 0.4) is 0 Å². The summed E-state index contributed by atoms with van der Waals surface area (Å²) >= 11 is 0. The summed E-state index contributed by atoms with van der Waals surface area (Å²) in [5.74, 6) is 0. The van der Waals surface area contributed by atoms with Crippen molar-refractivity contribution in [2.24, 2.45) is 0 Å². The first kappa shape index (κ1) is 9.80. The van der Waals surface area contributed by atoms with Gasteiger partial charge in [0.05, 0.1) is 6.61 Å². The lowest BCUT2D eigenvalue weighted by atomic mass is 10.8. The Morgan fingerprint density at radius 1 is 1.43 bits per heavy atom. The molecular formula is C4H11NO2. The van der Waals surface area contributed by atoms with Crippen molar-refractivity contribution in [2.75, 3.05) is 13.2 Å². The van der Waals surface area contributed by atoms with Crippen LogP contribution in [0, 0.1) is 0 Å². The summed E-state index contributed by atoms with van der Waals surface area (Å²) in [4.78, 5) is 0. The van der Waals surface area contributed by atoms with Crippen molar-refractivity contribution in [3.05, 3.63) is 13.2 Å². The molecule has 0 aromatic rings. The summed E-state index contributed by atoms with van der Waals surface area (Å²) in [7, 11) is 0. The van der Waals surface area contributed by atoms with Gasteiger partial charge in [0, 0.05) is 6.54 Å². The second-order valence-electron chi connectivity index (χ2n) is 0.632. The molecule has 0 amide bonds. The molecule has 0 spiro atoms. The topological polar surface area (TPSA) is 52.5 Å². The third-order valence-corrected chi connectivity index (χ3v) is 0.224. The standard InChI is InChI=1S/C2H7NO2.C2H4/c4-2-1-3-5;1-2/h3-5H,1-2H2;1-2H2. The molecule has 0 radical (unpaired) electrons. The van der Waals surface area contributed by atoms with Gasteiger partial charge in [-0.3, -0.25) is 0 Å². The Bertz CT molecular complexity index is 23.7. The van der Waals surface area contributed by atoms with Crippen LogP contribution in [0.4, 0.5) is 0 Å². The molecule has 0 heterocycles. The van der Waals surface area contributed by atoms with E-state index < -0.39 is 0 Å². The van der Waals surface area contributed by atoms with E-state index in [0.29, 0.717) is 0 Å². The molecule has 0 bridgehead atoms. The number of aliphatic hydroxyl groups excluding tert-OH is 1. The van der Waals surface area contributed by atoms with Gasteiger partial charge in [-0.2, -0.15) is 0 Å². The van der Waals surface area contributed by atoms with Gasteiger partial charge >= 0.3 is 0 Å². The summed E-state index contributed by atoms with van der Waals surface area (Å²) in [5, 5.41) is 15.5. The number of hydrogen-bond donors (Lipinski definition) is 3. The highest BCUT2D eigenvalue weighted by Gasteiger charge is 1.67. The van der Waals surface area contributed by atoms with E-state index >= 15 is 0 Å². The van der Waals surface area contributed by atoms with Crippen LogP contribution >= 0.6 is 0 Å². The van der Waals surface area contributed by atoms with Crippen LogP contribution in [0.25, 0.3) is 0 Å². The van der Waals surface area contributed by atoms with Crippen molar-refractivity contribution in [3.8, 4) is 0 Å². The highest BCUT2D eigenvalue weighted by Crippen LogP contribution is 1.42. The Labute approximate surface area is 43.2 Å². The monoisotopic (exact) mass is 105 g/mol. The fraction of sp³-hybridized carbons (Fsp3) is 0.500. The number of rotatable bonds is 2. The van der Waals surface area contributed by atoms with E-state index in [1.54, 1.807) is 5.48 Å². The molecule has 3 N–H and O–H groups in total. The maximum absolute atomic E-state index is 7.84. The van der Waals surface area contributed by atoms with E-state index in [0.717, 1.165) is 0 Å². The van der Waals surface area contributed by atoms with Gasteiger partial charge in [0.25, 0.3) is 0 Å². The Morgan fingerprint density at radius 2 is 1.86 bits per heavy atom. The lowest BCUT2D eigenvalue weighted by molar-refractivity contribution is 0.140. The van der Waals surface area contributed by atoms with Crippen molar-refractivity contribution in [1.82, 2.24) is 5.48 Å². The highest BCUT2D eigenvalue weighted by molar-refractivity contribution is 4.22. The second-order valence-corrected chi connectivity index (χ2v) is 0.632. The number of hydroxylamine groups is 1. The van der Waals surface area contributed by atoms with Crippen molar-refractivity contribution in [2.45, 2.75) is 0 Å². The summed E-state index contributed by atoms with van der Waals surface area (Å²) in [6.07, 6.45) is 0. The molecule has 0 aromatic carbocycles. The molecule has 0 atom stereocenters. The Morgan fingerprint density at radius 3 is 1.86 bits per heavy atom. The lowest BCUT2D eigenvalue weighted by Gasteiger charge is -1.83.